The third-order valence-corrected chi connectivity index (χ3v) is 7.59. The minimum absolute atomic E-state index is 0.0292. The predicted molar refractivity (Wildman–Crippen MR) is 163 cm³/mol. The van der Waals surface area contributed by atoms with E-state index in [4.69, 9.17) is 14.5 Å². The number of anilines is 1. The second-order valence-corrected chi connectivity index (χ2v) is 11.5. The highest BCUT2D eigenvalue weighted by atomic mass is 16.5. The third kappa shape index (κ3) is 6.39. The van der Waals surface area contributed by atoms with Crippen molar-refractivity contribution in [2.24, 2.45) is 5.92 Å². The van der Waals surface area contributed by atoms with Crippen LogP contribution in [0.4, 0.5) is 10.7 Å². The first kappa shape index (κ1) is 30.1. The van der Waals surface area contributed by atoms with Crippen LogP contribution in [0.3, 0.4) is 0 Å². The SMILES string of the molecule is C=C/C(=C\C)c1nc(-c2noc(=O)[nH]2)cc2nc(N3[C@H](C)CN(C(=O)NC(C)C)C[C@H]3C)n(C[C@@H](C)CCCC)c12. The molecule has 222 valence electrons. The van der Waals surface area contributed by atoms with Crippen LogP contribution in [0.1, 0.15) is 73.4 Å². The summed E-state index contributed by atoms with van der Waals surface area (Å²) in [5, 5.41) is 6.90. The lowest BCUT2D eigenvalue weighted by Gasteiger charge is -2.45. The van der Waals surface area contributed by atoms with Gasteiger partial charge in [0.2, 0.25) is 11.8 Å². The molecule has 0 bridgehead atoms. The molecule has 3 aromatic rings. The maximum atomic E-state index is 12.9. The molecule has 1 saturated heterocycles. The topological polar surface area (TPSA) is 125 Å². The van der Waals surface area contributed by atoms with Gasteiger partial charge in [0.25, 0.3) is 0 Å². The molecule has 41 heavy (non-hydrogen) atoms. The van der Waals surface area contributed by atoms with E-state index in [-0.39, 0.29) is 30.0 Å². The van der Waals surface area contributed by atoms with Gasteiger partial charge < -0.3 is 19.7 Å². The van der Waals surface area contributed by atoms with Gasteiger partial charge in [0.05, 0.1) is 16.7 Å². The van der Waals surface area contributed by atoms with E-state index in [1.54, 1.807) is 6.08 Å². The molecule has 0 aliphatic carbocycles. The summed E-state index contributed by atoms with van der Waals surface area (Å²) in [5.74, 6) is 0.862. The van der Waals surface area contributed by atoms with Gasteiger partial charge in [-0.05, 0) is 58.6 Å². The van der Waals surface area contributed by atoms with Gasteiger partial charge >= 0.3 is 11.8 Å². The number of amides is 2. The van der Waals surface area contributed by atoms with E-state index in [1.165, 1.54) is 0 Å². The Morgan fingerprint density at radius 1 is 1.24 bits per heavy atom. The molecule has 1 aliphatic heterocycles. The van der Waals surface area contributed by atoms with Crippen molar-refractivity contribution in [3.8, 4) is 11.5 Å². The number of piperazine rings is 1. The number of nitrogens with zero attached hydrogens (tertiary/aromatic N) is 6. The minimum atomic E-state index is -0.642. The zero-order valence-electron chi connectivity index (χ0n) is 25.4. The number of hydrogen-bond donors (Lipinski definition) is 2. The highest BCUT2D eigenvalue weighted by Gasteiger charge is 2.36. The number of aromatic amines is 1. The number of hydrogen-bond acceptors (Lipinski definition) is 7. The van der Waals surface area contributed by atoms with Gasteiger partial charge in [-0.15, -0.1) is 0 Å². The van der Waals surface area contributed by atoms with Gasteiger partial charge in [-0.1, -0.05) is 50.6 Å². The van der Waals surface area contributed by atoms with Crippen LogP contribution in [-0.2, 0) is 6.54 Å². The number of H-pyrrole nitrogens is 1. The van der Waals surface area contributed by atoms with E-state index >= 15 is 0 Å². The van der Waals surface area contributed by atoms with Crippen molar-refractivity contribution in [1.29, 1.82) is 0 Å². The number of urea groups is 1. The van der Waals surface area contributed by atoms with Gasteiger partial charge in [0.1, 0.15) is 5.69 Å². The Morgan fingerprint density at radius 3 is 2.51 bits per heavy atom. The van der Waals surface area contributed by atoms with Crippen LogP contribution in [-0.4, -0.2) is 66.8 Å². The molecule has 4 heterocycles. The molecule has 0 unspecified atom stereocenters. The van der Waals surface area contributed by atoms with Crippen molar-refractivity contribution in [2.75, 3.05) is 18.0 Å². The third-order valence-electron chi connectivity index (χ3n) is 7.59. The number of pyridine rings is 1. The Labute approximate surface area is 241 Å². The minimum Gasteiger partial charge on any atom is -0.336 e. The summed E-state index contributed by atoms with van der Waals surface area (Å²) in [6.45, 7) is 20.6. The number of rotatable bonds is 10. The van der Waals surface area contributed by atoms with Crippen LogP contribution in [0, 0.1) is 5.92 Å². The highest BCUT2D eigenvalue weighted by Crippen LogP contribution is 2.35. The first-order valence-corrected chi connectivity index (χ1v) is 14.7. The normalized spacial score (nSPS) is 18.8. The molecule has 2 N–H and O–H groups in total. The van der Waals surface area contributed by atoms with Crippen molar-refractivity contribution in [3.05, 3.63) is 41.0 Å². The molecule has 3 atom stereocenters. The molecular formula is C30H44N8O3. The number of carbonyl (C=O) groups excluding carboxylic acids is 1. The van der Waals surface area contributed by atoms with E-state index in [9.17, 15) is 9.59 Å². The number of nitrogens with one attached hydrogen (secondary N) is 2. The maximum Gasteiger partial charge on any atom is 0.439 e. The fourth-order valence-electron chi connectivity index (χ4n) is 5.70. The number of fused-ring (bicyclic) bond motifs is 1. The quantitative estimate of drug-likeness (QED) is 0.324. The van der Waals surface area contributed by atoms with Gasteiger partial charge in [-0.3, -0.25) is 9.51 Å². The summed E-state index contributed by atoms with van der Waals surface area (Å²) in [6, 6.07) is 1.94. The van der Waals surface area contributed by atoms with Crippen LogP contribution in [0.25, 0.3) is 28.1 Å². The van der Waals surface area contributed by atoms with Gasteiger partial charge in [0.15, 0.2) is 0 Å². The van der Waals surface area contributed by atoms with Crippen molar-refractivity contribution in [1.82, 2.24) is 34.9 Å². The Bertz CT molecular complexity index is 1450. The Hall–Kier alpha value is -3.89. The summed E-state index contributed by atoms with van der Waals surface area (Å²) in [7, 11) is 0. The molecule has 0 saturated carbocycles. The summed E-state index contributed by atoms with van der Waals surface area (Å²) < 4.78 is 7.06. The van der Waals surface area contributed by atoms with Crippen LogP contribution < -0.4 is 16.0 Å². The maximum absolute atomic E-state index is 12.9. The van der Waals surface area contributed by atoms with E-state index in [0.29, 0.717) is 24.7 Å². The van der Waals surface area contributed by atoms with E-state index in [0.717, 1.165) is 54.1 Å². The lowest BCUT2D eigenvalue weighted by atomic mass is 10.0. The van der Waals surface area contributed by atoms with Crippen LogP contribution >= 0.6 is 0 Å². The molecular weight excluding hydrogens is 520 g/mol. The predicted octanol–water partition coefficient (Wildman–Crippen LogP) is 5.21. The first-order chi connectivity index (χ1) is 19.6. The lowest BCUT2D eigenvalue weighted by molar-refractivity contribution is 0.173. The molecule has 4 rings (SSSR count). The standard InChI is InChI=1S/C30H44N8O3/c1-9-12-13-19(6)15-37-26-23(14-24(27-34-30(40)41-35-27)32-25(26)22(10-2)11-3)33-28(37)38-20(7)16-36(17-21(38)8)29(39)31-18(4)5/h10-11,14,18-21H,2,9,12-13,15-17H2,1,3-8H3,(H,31,39)(H,34,35,40)/b22-11+/t19-,20+,21+/m0/s1. The van der Waals surface area contributed by atoms with Gasteiger partial charge in [-0.25, -0.2) is 19.6 Å². The zero-order valence-corrected chi connectivity index (χ0v) is 25.4. The second-order valence-electron chi connectivity index (χ2n) is 11.5. The largest absolute Gasteiger partial charge is 0.439 e. The van der Waals surface area contributed by atoms with Crippen molar-refractivity contribution in [3.63, 3.8) is 0 Å². The monoisotopic (exact) mass is 564 g/mol. The van der Waals surface area contributed by atoms with Crippen LogP contribution in [0.2, 0.25) is 0 Å². The summed E-state index contributed by atoms with van der Waals surface area (Å²) >= 11 is 0. The van der Waals surface area contributed by atoms with Gasteiger partial charge in [0, 0.05) is 37.8 Å². The molecule has 11 heteroatoms. The van der Waals surface area contributed by atoms with E-state index < -0.39 is 5.76 Å². The average molecular weight is 565 g/mol. The van der Waals surface area contributed by atoms with E-state index in [2.05, 4.69) is 59.2 Å². The fourth-order valence-corrected chi connectivity index (χ4v) is 5.70. The lowest BCUT2D eigenvalue weighted by Crippen LogP contribution is -2.61. The number of carbonyl (C=O) groups is 1. The number of aromatic nitrogens is 5. The fraction of sp³-hybridized carbons (Fsp3) is 0.567. The van der Waals surface area contributed by atoms with Crippen molar-refractivity contribution >= 4 is 28.6 Å². The molecule has 0 radical (unpaired) electrons. The van der Waals surface area contributed by atoms with Crippen molar-refractivity contribution in [2.45, 2.75) is 92.4 Å². The Kier molecular flexibility index (Phi) is 9.35. The summed E-state index contributed by atoms with van der Waals surface area (Å²) in [4.78, 5) is 41.6. The highest BCUT2D eigenvalue weighted by molar-refractivity contribution is 5.93. The molecule has 3 aromatic heterocycles. The Balaban J connectivity index is 1.89. The second kappa shape index (κ2) is 12.7. The molecule has 1 aliphatic rings. The van der Waals surface area contributed by atoms with E-state index in [1.807, 2.05) is 37.8 Å². The Morgan fingerprint density at radius 2 is 1.95 bits per heavy atom. The molecule has 0 aromatic carbocycles. The van der Waals surface area contributed by atoms with Crippen LogP contribution in [0.5, 0.6) is 0 Å². The van der Waals surface area contributed by atoms with Crippen molar-refractivity contribution < 1.29 is 9.32 Å². The zero-order chi connectivity index (χ0) is 29.8. The number of imidazole rings is 1. The van der Waals surface area contributed by atoms with Crippen LogP contribution in [0.15, 0.2) is 34.1 Å². The molecule has 1 fully saturated rings. The smallest absolute Gasteiger partial charge is 0.336 e. The number of allylic oxidation sites excluding steroid dienone is 3. The first-order valence-electron chi connectivity index (χ1n) is 14.7. The molecule has 11 nitrogen and oxygen atoms in total. The summed E-state index contributed by atoms with van der Waals surface area (Å²) in [5.41, 5.74) is 3.69. The summed E-state index contributed by atoms with van der Waals surface area (Å²) in [6.07, 6.45) is 7.15. The molecule has 2 amide bonds. The number of unbranched alkanes of at least 4 members (excludes halogenated alkanes) is 1. The molecule has 0 spiro atoms. The van der Waals surface area contributed by atoms with Gasteiger partial charge in [-0.2, -0.15) is 0 Å². The average Bonchev–Trinajstić information content (AvgIpc) is 3.51.